The molecule has 120 valence electrons. The Morgan fingerprint density at radius 2 is 2.08 bits per heavy atom. The molecule has 4 heterocycles. The molecule has 0 saturated heterocycles. The van der Waals surface area contributed by atoms with Crippen LogP contribution in [0.5, 0.6) is 0 Å². The maximum Gasteiger partial charge on any atom is 0.155 e. The average Bonchev–Trinajstić information content (AvgIpc) is 3.21. The molecule has 0 atom stereocenters. The van der Waals surface area contributed by atoms with E-state index in [2.05, 4.69) is 25.3 Å². The molecule has 0 aromatic carbocycles. The van der Waals surface area contributed by atoms with Crippen molar-refractivity contribution < 1.29 is 4.39 Å². The van der Waals surface area contributed by atoms with Crippen molar-refractivity contribution in [3.63, 3.8) is 0 Å². The molecular formula is C17H15FN6. The van der Waals surface area contributed by atoms with Crippen LogP contribution >= 0.6 is 0 Å². The van der Waals surface area contributed by atoms with Crippen molar-refractivity contribution in [3.8, 4) is 22.5 Å². The SMILES string of the molecule is CCn1cc(-c2cc(C)nc3[nH]ncc23)c(-c2ccc(F)cn2)n1. The van der Waals surface area contributed by atoms with Gasteiger partial charge in [-0.15, -0.1) is 0 Å². The first-order valence-electron chi connectivity index (χ1n) is 7.66. The van der Waals surface area contributed by atoms with E-state index in [0.29, 0.717) is 11.4 Å². The van der Waals surface area contributed by atoms with Crippen molar-refractivity contribution in [2.24, 2.45) is 0 Å². The van der Waals surface area contributed by atoms with Gasteiger partial charge in [0, 0.05) is 29.4 Å². The topological polar surface area (TPSA) is 72.3 Å². The van der Waals surface area contributed by atoms with Gasteiger partial charge in [-0.1, -0.05) is 0 Å². The number of halogens is 1. The van der Waals surface area contributed by atoms with Crippen LogP contribution in [-0.2, 0) is 6.54 Å². The lowest BCUT2D eigenvalue weighted by molar-refractivity contribution is 0.621. The van der Waals surface area contributed by atoms with Crippen molar-refractivity contribution in [3.05, 3.63) is 48.3 Å². The zero-order valence-electron chi connectivity index (χ0n) is 13.3. The zero-order valence-corrected chi connectivity index (χ0v) is 13.3. The smallest absolute Gasteiger partial charge is 0.155 e. The van der Waals surface area contributed by atoms with E-state index in [0.717, 1.165) is 34.4 Å². The first kappa shape index (κ1) is 14.5. The van der Waals surface area contributed by atoms with E-state index in [9.17, 15) is 4.39 Å². The number of fused-ring (bicyclic) bond motifs is 1. The molecule has 7 heteroatoms. The first-order chi connectivity index (χ1) is 11.7. The quantitative estimate of drug-likeness (QED) is 0.628. The van der Waals surface area contributed by atoms with Gasteiger partial charge < -0.3 is 0 Å². The van der Waals surface area contributed by atoms with Gasteiger partial charge in [0.05, 0.1) is 18.1 Å². The third-order valence-corrected chi connectivity index (χ3v) is 3.90. The molecule has 4 rings (SSSR count). The van der Waals surface area contributed by atoms with Gasteiger partial charge in [0.25, 0.3) is 0 Å². The van der Waals surface area contributed by atoms with E-state index in [1.165, 1.54) is 12.3 Å². The highest BCUT2D eigenvalue weighted by molar-refractivity contribution is 5.96. The van der Waals surface area contributed by atoms with Crippen LogP contribution in [0.1, 0.15) is 12.6 Å². The highest BCUT2D eigenvalue weighted by Crippen LogP contribution is 2.34. The molecule has 24 heavy (non-hydrogen) atoms. The fraction of sp³-hybridized carbons (Fsp3) is 0.176. The van der Waals surface area contributed by atoms with Gasteiger partial charge >= 0.3 is 0 Å². The predicted octanol–water partition coefficient (Wildman–Crippen LogP) is 3.35. The van der Waals surface area contributed by atoms with Crippen LogP contribution in [0.3, 0.4) is 0 Å². The molecule has 0 radical (unpaired) electrons. The largest absolute Gasteiger partial charge is 0.272 e. The molecule has 4 aromatic rings. The highest BCUT2D eigenvalue weighted by atomic mass is 19.1. The molecule has 0 bridgehead atoms. The third-order valence-electron chi connectivity index (χ3n) is 3.90. The van der Waals surface area contributed by atoms with E-state index in [1.807, 2.05) is 30.8 Å². The summed E-state index contributed by atoms with van der Waals surface area (Å²) >= 11 is 0. The summed E-state index contributed by atoms with van der Waals surface area (Å²) in [6.45, 7) is 4.68. The van der Waals surface area contributed by atoms with E-state index < -0.39 is 0 Å². The lowest BCUT2D eigenvalue weighted by Gasteiger charge is -2.05. The summed E-state index contributed by atoms with van der Waals surface area (Å²) in [4.78, 5) is 8.63. The van der Waals surface area contributed by atoms with Crippen LogP contribution in [0.2, 0.25) is 0 Å². The van der Waals surface area contributed by atoms with Crippen molar-refractivity contribution in [1.29, 1.82) is 0 Å². The Kier molecular flexibility index (Phi) is 3.34. The fourth-order valence-electron chi connectivity index (χ4n) is 2.77. The lowest BCUT2D eigenvalue weighted by Crippen LogP contribution is -1.94. The summed E-state index contributed by atoms with van der Waals surface area (Å²) in [6.07, 6.45) is 4.93. The van der Waals surface area contributed by atoms with Crippen LogP contribution in [0.15, 0.2) is 36.8 Å². The minimum Gasteiger partial charge on any atom is -0.272 e. The monoisotopic (exact) mass is 322 g/mol. The summed E-state index contributed by atoms with van der Waals surface area (Å²) in [5.41, 5.74) is 4.85. The Hall–Kier alpha value is -3.09. The second kappa shape index (κ2) is 5.52. The highest BCUT2D eigenvalue weighted by Gasteiger charge is 2.17. The van der Waals surface area contributed by atoms with Gasteiger partial charge in [-0.3, -0.25) is 14.8 Å². The van der Waals surface area contributed by atoms with Crippen LogP contribution < -0.4 is 0 Å². The van der Waals surface area contributed by atoms with Crippen LogP contribution in [0.25, 0.3) is 33.5 Å². The number of aromatic amines is 1. The molecule has 0 aliphatic rings. The number of H-pyrrole nitrogens is 1. The summed E-state index contributed by atoms with van der Waals surface area (Å²) in [7, 11) is 0. The number of aryl methyl sites for hydroxylation is 2. The number of hydrogen-bond acceptors (Lipinski definition) is 4. The number of nitrogens with one attached hydrogen (secondary N) is 1. The van der Waals surface area contributed by atoms with Gasteiger partial charge in [0.2, 0.25) is 0 Å². The normalized spacial score (nSPS) is 11.3. The second-order valence-corrected chi connectivity index (χ2v) is 5.55. The van der Waals surface area contributed by atoms with Crippen LogP contribution in [0.4, 0.5) is 4.39 Å². The molecule has 0 unspecified atom stereocenters. The van der Waals surface area contributed by atoms with Crippen molar-refractivity contribution in [2.45, 2.75) is 20.4 Å². The van der Waals surface area contributed by atoms with E-state index in [4.69, 9.17) is 0 Å². The molecule has 0 aliphatic carbocycles. The maximum absolute atomic E-state index is 13.2. The van der Waals surface area contributed by atoms with Crippen molar-refractivity contribution >= 4 is 11.0 Å². The van der Waals surface area contributed by atoms with Gasteiger partial charge in [-0.25, -0.2) is 9.37 Å². The number of aromatic nitrogens is 6. The van der Waals surface area contributed by atoms with Gasteiger partial charge in [-0.2, -0.15) is 10.2 Å². The summed E-state index contributed by atoms with van der Waals surface area (Å²) in [6, 6.07) is 5.03. The summed E-state index contributed by atoms with van der Waals surface area (Å²) in [5, 5.41) is 12.5. The number of pyridine rings is 2. The Labute approximate surface area is 137 Å². The Morgan fingerprint density at radius 1 is 1.21 bits per heavy atom. The minimum absolute atomic E-state index is 0.368. The van der Waals surface area contributed by atoms with Gasteiger partial charge in [0.1, 0.15) is 11.5 Å². The molecule has 1 N–H and O–H groups in total. The van der Waals surface area contributed by atoms with Crippen LogP contribution in [-0.4, -0.2) is 29.9 Å². The Bertz CT molecular complexity index is 1020. The fourth-order valence-corrected chi connectivity index (χ4v) is 2.77. The number of hydrogen-bond donors (Lipinski definition) is 1. The molecule has 6 nitrogen and oxygen atoms in total. The molecule has 0 fully saturated rings. The number of nitrogens with zero attached hydrogens (tertiary/aromatic N) is 5. The first-order valence-corrected chi connectivity index (χ1v) is 7.66. The summed E-state index contributed by atoms with van der Waals surface area (Å²) < 4.78 is 15.1. The van der Waals surface area contributed by atoms with Crippen LogP contribution in [0, 0.1) is 12.7 Å². The van der Waals surface area contributed by atoms with E-state index >= 15 is 0 Å². The summed E-state index contributed by atoms with van der Waals surface area (Å²) in [5.74, 6) is -0.368. The van der Waals surface area contributed by atoms with Crippen molar-refractivity contribution in [1.82, 2.24) is 29.9 Å². The maximum atomic E-state index is 13.2. The molecule has 4 aromatic heterocycles. The number of rotatable bonds is 3. The molecule has 0 amide bonds. The Morgan fingerprint density at radius 3 is 2.83 bits per heavy atom. The molecule has 0 aliphatic heterocycles. The van der Waals surface area contributed by atoms with E-state index in [-0.39, 0.29) is 5.82 Å². The molecule has 0 saturated carbocycles. The van der Waals surface area contributed by atoms with Crippen molar-refractivity contribution in [2.75, 3.05) is 0 Å². The standard InChI is InChI=1S/C17H15FN6/c1-3-24-9-14(16(23-24)15-5-4-11(18)7-19-15)12-6-10(2)21-17-13(12)8-20-22-17/h4-9H,3H2,1-2H3,(H,20,21,22). The molecular weight excluding hydrogens is 307 g/mol. The Balaban J connectivity index is 1.99. The zero-order chi connectivity index (χ0) is 16.7. The third kappa shape index (κ3) is 2.34. The molecule has 0 spiro atoms. The predicted molar refractivity (Wildman–Crippen MR) is 88.7 cm³/mol. The van der Waals surface area contributed by atoms with Gasteiger partial charge in [-0.05, 0) is 37.6 Å². The minimum atomic E-state index is -0.368. The average molecular weight is 322 g/mol. The van der Waals surface area contributed by atoms with E-state index in [1.54, 1.807) is 12.3 Å². The lowest BCUT2D eigenvalue weighted by atomic mass is 10.0. The van der Waals surface area contributed by atoms with Gasteiger partial charge in [0.15, 0.2) is 5.65 Å². The second-order valence-electron chi connectivity index (χ2n) is 5.55.